The second kappa shape index (κ2) is 13.0. The van der Waals surface area contributed by atoms with Crippen LogP contribution in [0.4, 0.5) is 0 Å². The van der Waals surface area contributed by atoms with E-state index in [-0.39, 0.29) is 5.91 Å². The molecule has 236 valence electrons. The van der Waals surface area contributed by atoms with Gasteiger partial charge < -0.3 is 19.4 Å². The third kappa shape index (κ3) is 6.40. The van der Waals surface area contributed by atoms with Crippen LogP contribution in [0.15, 0.2) is 42.7 Å². The Balaban J connectivity index is 1.11. The van der Waals surface area contributed by atoms with Crippen molar-refractivity contribution in [2.24, 2.45) is 5.92 Å². The Morgan fingerprint density at radius 3 is 2.62 bits per heavy atom. The quantitative estimate of drug-likeness (QED) is 0.310. The number of hydrogen-bond donors (Lipinski definition) is 1. The zero-order valence-corrected chi connectivity index (χ0v) is 26.8. The highest BCUT2D eigenvalue weighted by Gasteiger charge is 2.23. The molecule has 0 saturated carbocycles. The maximum absolute atomic E-state index is 13.3. The van der Waals surface area contributed by atoms with Crippen LogP contribution in [0, 0.1) is 19.8 Å². The summed E-state index contributed by atoms with van der Waals surface area (Å²) in [4.78, 5) is 33.4. The molecule has 3 aliphatic heterocycles. The van der Waals surface area contributed by atoms with E-state index in [4.69, 9.17) is 19.4 Å². The van der Waals surface area contributed by atoms with Gasteiger partial charge in [-0.05, 0) is 72.7 Å². The molecule has 2 saturated heterocycles. The lowest BCUT2D eigenvalue weighted by Gasteiger charge is -2.33. The molecule has 0 spiro atoms. The van der Waals surface area contributed by atoms with Gasteiger partial charge in [0, 0.05) is 88.3 Å². The number of aromatic amines is 1. The minimum atomic E-state index is 0.0504. The monoisotopic (exact) mass is 608 g/mol. The van der Waals surface area contributed by atoms with Gasteiger partial charge in [0.1, 0.15) is 5.52 Å². The van der Waals surface area contributed by atoms with Crippen LogP contribution >= 0.6 is 0 Å². The summed E-state index contributed by atoms with van der Waals surface area (Å²) in [6, 6.07) is 10.7. The highest BCUT2D eigenvalue weighted by atomic mass is 16.5. The second-order valence-electron chi connectivity index (χ2n) is 13.0. The van der Waals surface area contributed by atoms with Gasteiger partial charge in [-0.2, -0.15) is 0 Å². The first kappa shape index (κ1) is 30.0. The molecule has 3 aliphatic rings. The zero-order chi connectivity index (χ0) is 30.9. The number of carbonyl (C=O) groups is 1. The number of ether oxygens (including phenoxy) is 2. The van der Waals surface area contributed by atoms with E-state index in [0.29, 0.717) is 5.92 Å². The molecule has 4 aromatic rings. The van der Waals surface area contributed by atoms with Gasteiger partial charge in [0.2, 0.25) is 0 Å². The first-order chi connectivity index (χ1) is 21.9. The summed E-state index contributed by atoms with van der Waals surface area (Å²) in [6.07, 6.45) is 5.94. The van der Waals surface area contributed by atoms with Crippen molar-refractivity contribution in [2.75, 3.05) is 72.7 Å². The lowest BCUT2D eigenvalue weighted by molar-refractivity contribution is 0.0326. The minimum absolute atomic E-state index is 0.0504. The van der Waals surface area contributed by atoms with Gasteiger partial charge >= 0.3 is 0 Å². The first-order valence-electron chi connectivity index (χ1n) is 16.4. The number of carbonyl (C=O) groups excluding carboxylic acids is 1. The van der Waals surface area contributed by atoms with Crippen LogP contribution in [0.3, 0.4) is 0 Å². The Morgan fingerprint density at radius 1 is 1.00 bits per heavy atom. The number of hydrogen-bond acceptors (Lipinski definition) is 7. The molecule has 45 heavy (non-hydrogen) atoms. The van der Waals surface area contributed by atoms with Crippen molar-refractivity contribution in [1.82, 2.24) is 29.7 Å². The lowest BCUT2D eigenvalue weighted by atomic mass is 9.92. The molecule has 0 aliphatic carbocycles. The van der Waals surface area contributed by atoms with Crippen molar-refractivity contribution in [3.63, 3.8) is 0 Å². The molecule has 5 heterocycles. The molecule has 9 nitrogen and oxygen atoms in total. The molecular formula is C36H44N6O3. The molecule has 7 rings (SSSR count). The van der Waals surface area contributed by atoms with Crippen molar-refractivity contribution in [3.8, 4) is 22.4 Å². The summed E-state index contributed by atoms with van der Waals surface area (Å²) in [5, 5.41) is 0. The molecule has 2 aromatic carbocycles. The van der Waals surface area contributed by atoms with Crippen LogP contribution in [0.25, 0.3) is 33.5 Å². The predicted molar refractivity (Wildman–Crippen MR) is 176 cm³/mol. The molecule has 0 bridgehead atoms. The predicted octanol–water partition coefficient (Wildman–Crippen LogP) is 4.71. The third-order valence-electron chi connectivity index (χ3n) is 9.82. The van der Waals surface area contributed by atoms with Gasteiger partial charge in [-0.25, -0.2) is 9.97 Å². The molecular weight excluding hydrogens is 564 g/mol. The Bertz CT molecular complexity index is 1690. The zero-order valence-electron chi connectivity index (χ0n) is 26.8. The normalized spacial score (nSPS) is 19.2. The third-order valence-corrected chi connectivity index (χ3v) is 9.82. The summed E-state index contributed by atoms with van der Waals surface area (Å²) < 4.78 is 11.0. The first-order valence-corrected chi connectivity index (χ1v) is 16.4. The van der Waals surface area contributed by atoms with Crippen LogP contribution in [0.2, 0.25) is 0 Å². The van der Waals surface area contributed by atoms with E-state index < -0.39 is 0 Å². The van der Waals surface area contributed by atoms with Crippen molar-refractivity contribution < 1.29 is 14.3 Å². The molecule has 1 N–H and O–H groups in total. The average molecular weight is 609 g/mol. The second-order valence-corrected chi connectivity index (χ2v) is 13.0. The number of aryl methyl sites for hydroxylation is 2. The van der Waals surface area contributed by atoms with Gasteiger partial charge in [0.25, 0.3) is 5.91 Å². The Labute approximate surface area is 265 Å². The topological polar surface area (TPSA) is 86.8 Å². The summed E-state index contributed by atoms with van der Waals surface area (Å²) in [6.45, 7) is 14.5. The lowest BCUT2D eigenvalue weighted by Crippen LogP contribution is -2.42. The number of nitrogens with one attached hydrogen (secondary N) is 1. The maximum Gasteiger partial charge on any atom is 0.253 e. The summed E-state index contributed by atoms with van der Waals surface area (Å²) in [5.41, 5.74) is 11.5. The van der Waals surface area contributed by atoms with E-state index in [2.05, 4.69) is 39.9 Å². The van der Waals surface area contributed by atoms with Gasteiger partial charge in [-0.3, -0.25) is 14.6 Å². The number of aromatic nitrogens is 3. The standard InChI is InChI=1S/C36H44N6O3/c1-24-17-28(18-29-22-42(8-6-30(24)29)10-9-41-11-14-44-15-12-41)33-20-38-35-34(39-33)32(19-37-35)27-4-5-31(25(2)16-27)36(43)40(3)21-26-7-13-45-23-26/h4-5,16-20,26H,6-15,21-23H2,1-3H3,(H,37,38). The number of fused-ring (bicyclic) bond motifs is 2. The van der Waals surface area contributed by atoms with Crippen LogP contribution in [-0.4, -0.2) is 108 Å². The Kier molecular flexibility index (Phi) is 8.68. The Morgan fingerprint density at radius 2 is 1.82 bits per heavy atom. The van der Waals surface area contributed by atoms with Gasteiger partial charge in [0.15, 0.2) is 5.65 Å². The maximum atomic E-state index is 13.3. The molecule has 1 atom stereocenters. The fourth-order valence-corrected chi connectivity index (χ4v) is 7.15. The SMILES string of the molecule is Cc1cc(-c2c[nH]c3ncc(-c4cc(C)c5c(c4)CN(CCN4CCOCC4)CC5)nc23)ccc1C(=O)N(C)CC1CCOC1. The van der Waals surface area contributed by atoms with Crippen LogP contribution < -0.4 is 0 Å². The van der Waals surface area contributed by atoms with Crippen LogP contribution in [0.5, 0.6) is 0 Å². The van der Waals surface area contributed by atoms with Crippen molar-refractivity contribution >= 4 is 17.1 Å². The van der Waals surface area contributed by atoms with Gasteiger partial charge in [-0.1, -0.05) is 12.1 Å². The number of amides is 1. The van der Waals surface area contributed by atoms with E-state index in [1.54, 1.807) is 0 Å². The summed E-state index contributed by atoms with van der Waals surface area (Å²) in [7, 11) is 1.89. The highest BCUT2D eigenvalue weighted by Crippen LogP contribution is 2.32. The summed E-state index contributed by atoms with van der Waals surface area (Å²) >= 11 is 0. The van der Waals surface area contributed by atoms with Crippen molar-refractivity contribution in [1.29, 1.82) is 0 Å². The molecule has 9 heteroatoms. The molecule has 2 fully saturated rings. The van der Waals surface area contributed by atoms with Gasteiger partial charge in [-0.15, -0.1) is 0 Å². The number of nitrogens with zero attached hydrogens (tertiary/aromatic N) is 5. The largest absolute Gasteiger partial charge is 0.381 e. The molecule has 2 aromatic heterocycles. The highest BCUT2D eigenvalue weighted by molar-refractivity contribution is 5.97. The van der Waals surface area contributed by atoms with Crippen molar-refractivity contribution in [3.05, 3.63) is 70.5 Å². The number of H-pyrrole nitrogens is 1. The Hall–Kier alpha value is -3.63. The average Bonchev–Trinajstić information content (AvgIpc) is 3.73. The fraction of sp³-hybridized carbons (Fsp3) is 0.472. The molecule has 1 amide bonds. The smallest absolute Gasteiger partial charge is 0.253 e. The van der Waals surface area contributed by atoms with E-state index in [0.717, 1.165) is 130 Å². The van der Waals surface area contributed by atoms with Crippen LogP contribution in [0.1, 0.15) is 39.0 Å². The van der Waals surface area contributed by atoms with Gasteiger partial charge in [0.05, 0.1) is 31.7 Å². The van der Waals surface area contributed by atoms with Crippen LogP contribution in [-0.2, 0) is 22.4 Å². The molecule has 1 unspecified atom stereocenters. The van der Waals surface area contributed by atoms with E-state index in [9.17, 15) is 4.79 Å². The number of benzene rings is 2. The minimum Gasteiger partial charge on any atom is -0.381 e. The fourth-order valence-electron chi connectivity index (χ4n) is 7.15. The van der Waals surface area contributed by atoms with E-state index in [1.807, 2.05) is 43.4 Å². The van der Waals surface area contributed by atoms with E-state index >= 15 is 0 Å². The molecule has 0 radical (unpaired) electrons. The van der Waals surface area contributed by atoms with Crippen molar-refractivity contribution in [2.45, 2.75) is 33.2 Å². The van der Waals surface area contributed by atoms with E-state index in [1.165, 1.54) is 16.7 Å². The number of rotatable bonds is 8. The number of morpholine rings is 1. The summed E-state index contributed by atoms with van der Waals surface area (Å²) in [5.74, 6) is 0.463.